The minimum Gasteiger partial charge on any atom is -0.394 e. The van der Waals surface area contributed by atoms with Crippen LogP contribution in [0.4, 0.5) is 0 Å². The van der Waals surface area contributed by atoms with Crippen LogP contribution in [-0.4, -0.2) is 174 Å². The van der Waals surface area contributed by atoms with Crippen LogP contribution < -0.4 is 64.7 Å². The van der Waals surface area contributed by atoms with Gasteiger partial charge in [0.25, 0.3) is 0 Å². The molecule has 105 heavy (non-hydrogen) atoms. The number of nitrogens with one attached hydrogen (secondary N) is 1. The molecule has 1 aliphatic heterocycles. The van der Waals surface area contributed by atoms with E-state index in [0.717, 1.165) is 74.4 Å². The maximum atomic E-state index is 12.8. The van der Waals surface area contributed by atoms with Gasteiger partial charge in [-0.2, -0.15) is 0 Å². The Bertz CT molecular complexity index is 1620. The quantitative estimate of drug-likeness (QED) is 0.0801. The minimum absolute atomic E-state index is 0. The monoisotopic (exact) mass is 1520 g/mol. The predicted molar refractivity (Wildman–Crippen MR) is 459 cm³/mol. The number of carbonyl (C=O) groups excluding carboxylic acids is 13. The summed E-state index contributed by atoms with van der Waals surface area (Å²) in [6, 6.07) is 29.2. The number of nitrogens with two attached hydrogens (primary N) is 5. The van der Waals surface area contributed by atoms with Crippen LogP contribution in [0.15, 0.2) is 91.0 Å². The molecule has 3 aromatic rings. The second kappa shape index (κ2) is 205. The zero-order chi connectivity index (χ0) is 85.5. The number of nitrogens with zero attached hydrogens (tertiary/aromatic N) is 2. The maximum absolute atomic E-state index is 12.8. The molecule has 1 heterocycles. The lowest BCUT2D eigenvalue weighted by Gasteiger charge is -2.31. The highest BCUT2D eigenvalue weighted by Gasteiger charge is 2.29. The van der Waals surface area contributed by atoms with Gasteiger partial charge in [-0.05, 0) is 128 Å². The van der Waals surface area contributed by atoms with Crippen LogP contribution in [0, 0.1) is 23.7 Å². The number of piperidine rings is 1. The van der Waals surface area contributed by atoms with Crippen molar-refractivity contribution in [3.05, 3.63) is 108 Å². The minimum atomic E-state index is -0.647. The summed E-state index contributed by atoms with van der Waals surface area (Å²) >= 11 is 0. The Kier molecular flexibility index (Phi) is 347. The van der Waals surface area contributed by atoms with Crippen molar-refractivity contribution < 1.29 is 67.4 Å². The van der Waals surface area contributed by atoms with Crippen LogP contribution in [0.3, 0.4) is 0 Å². The third-order valence-corrected chi connectivity index (χ3v) is 10.7. The second-order valence-corrected chi connectivity index (χ2v) is 18.9. The van der Waals surface area contributed by atoms with E-state index in [1.165, 1.54) is 83.9 Å². The summed E-state index contributed by atoms with van der Waals surface area (Å²) in [7, 11) is 9.12. The highest BCUT2D eigenvalue weighted by atomic mass is 16.3. The molecule has 0 saturated carbocycles. The normalized spacial score (nSPS) is 8.43. The molecule has 3 amide bonds. The Morgan fingerprint density at radius 3 is 0.733 bits per heavy atom. The molecule has 0 aliphatic carbocycles. The van der Waals surface area contributed by atoms with E-state index in [1.54, 1.807) is 27.8 Å². The molecule has 27 N–H and O–H groups in total. The second-order valence-electron chi connectivity index (χ2n) is 18.9. The summed E-state index contributed by atoms with van der Waals surface area (Å²) in [6.07, 6.45) is 10.9. The molecule has 0 spiro atoms. The SMILES string of the molecule is C=O.C=O.C=O.C=O.C=O.C=O.C=O.C=O.C=O.C=O.CC.CC.CC(=O)N(C)[C@@H](Cc1ccccc1)C(=O)N[C@@H](C)C(=O)N1CCCCC1.CC(C)O.CCC(C)C.CCC(C)C.CCC(C)C.CCC(C)C.CCc1ccccc1.CCc1ccccc1.CN.CN.CN.CN.CN.N.N.N.N.N. The van der Waals surface area contributed by atoms with Gasteiger partial charge in [0.2, 0.25) is 17.7 Å². The van der Waals surface area contributed by atoms with E-state index in [-0.39, 0.29) is 54.6 Å². The predicted octanol–water partition coefficient (Wildman–Crippen LogP) is 13.6. The number of aliphatic hydroxyl groups excluding tert-OH is 1. The zero-order valence-electron chi connectivity index (χ0n) is 72.8. The summed E-state index contributed by atoms with van der Waals surface area (Å²) in [5, 5.41) is 10.9. The van der Waals surface area contributed by atoms with E-state index >= 15 is 0 Å². The number of amides is 3. The molecule has 0 radical (unpaired) electrons. The van der Waals surface area contributed by atoms with Crippen molar-refractivity contribution in [1.82, 2.24) is 45.9 Å². The van der Waals surface area contributed by atoms with Crippen LogP contribution in [0.25, 0.3) is 0 Å². The topological polar surface area (TPSA) is 566 Å². The highest BCUT2D eigenvalue weighted by molar-refractivity contribution is 5.91. The Morgan fingerprint density at radius 1 is 0.400 bits per heavy atom. The molecule has 0 unspecified atom stereocenters. The number of carbonyl (C=O) groups is 13. The first-order valence-electron chi connectivity index (χ1n) is 33.5. The maximum Gasteiger partial charge on any atom is 0.244 e. The molecule has 0 aromatic heterocycles. The molecule has 638 valence electrons. The summed E-state index contributed by atoms with van der Waals surface area (Å²) < 4.78 is 0. The number of rotatable bonds is 12. The smallest absolute Gasteiger partial charge is 0.244 e. The number of aryl methyl sites for hydroxylation is 2. The largest absolute Gasteiger partial charge is 0.394 e. The Labute approximate surface area is 646 Å². The van der Waals surface area contributed by atoms with Gasteiger partial charge >= 0.3 is 0 Å². The molecule has 27 nitrogen and oxygen atoms in total. The lowest BCUT2D eigenvalue weighted by Crippen LogP contribution is -2.54. The zero-order valence-corrected chi connectivity index (χ0v) is 72.8. The summed E-state index contributed by atoms with van der Waals surface area (Å²) in [5.74, 6) is 3.00. The van der Waals surface area contributed by atoms with Gasteiger partial charge < -0.3 is 128 Å². The van der Waals surface area contributed by atoms with Crippen molar-refractivity contribution >= 4 is 85.6 Å². The van der Waals surface area contributed by atoms with Gasteiger partial charge in [0.05, 0.1) is 0 Å². The van der Waals surface area contributed by atoms with E-state index in [0.29, 0.717) is 6.42 Å². The molecule has 2 atom stereocenters. The average molecular weight is 1520 g/mol. The van der Waals surface area contributed by atoms with Crippen LogP contribution in [0.1, 0.15) is 214 Å². The Balaban J connectivity index is -0.0000000284. The van der Waals surface area contributed by atoms with Crippen LogP contribution in [0.5, 0.6) is 0 Å². The third kappa shape index (κ3) is 207. The van der Waals surface area contributed by atoms with Gasteiger partial charge in [-0.25, -0.2) is 0 Å². The summed E-state index contributed by atoms with van der Waals surface area (Å²) in [6.45, 7) is 67.0. The number of likely N-dealkylation sites (N-methyl/N-ethyl adjacent to an activating group) is 1. The fourth-order valence-electron chi connectivity index (χ4n) is 4.65. The third-order valence-electron chi connectivity index (χ3n) is 10.7. The van der Waals surface area contributed by atoms with Crippen molar-refractivity contribution in [2.45, 2.75) is 235 Å². The number of hydrogen-bond acceptors (Lipinski definition) is 24. The Hall–Kier alpha value is -7.67. The molecular formula is C78H177N13O14. The van der Waals surface area contributed by atoms with Gasteiger partial charge in [0.15, 0.2) is 0 Å². The molecule has 1 fully saturated rings. The number of aliphatic hydroxyl groups is 1. The van der Waals surface area contributed by atoms with Crippen LogP contribution >= 0.6 is 0 Å². The first kappa shape index (κ1) is 178. The number of likely N-dealkylation sites (tertiary alicyclic amines) is 1. The standard InChI is InChI=1S/C20H29N3O3.2C8H10.4C5H12.C3H8O.2C2H6.5CH5N.10CH2O.5H3N/c1-15(20(26)23-12-8-5-9-13-23)21-19(25)18(22(3)16(2)24)14-17-10-6-4-7-11-17;2*1-2-8-6-4-3-5-7-8;4*1-4-5(2)3;1-3(2)4;17*1-2;;;;;/h4,6-7,10-11,15,18H,5,8-9,12-14H2,1-3H3,(H,21,25);2*3-7H,2H2,1H3;4*5H,4H2,1-3H3;3-4H,1-2H3;2*1-2H3;5*2H2,1H3;10*1H2;5*1H3/t15-,18-;;;;;;;;;;;;;;;;;;;;;;;;;;;;;/m0............................./s1. The number of hydrogen-bond donors (Lipinski definition) is 12. The van der Waals surface area contributed by atoms with E-state index in [1.807, 2.05) is 143 Å². The van der Waals surface area contributed by atoms with Gasteiger partial charge in [0.1, 0.15) is 80.0 Å². The first-order chi connectivity index (χ1) is 48.1. The van der Waals surface area contributed by atoms with Crippen molar-refractivity contribution in [1.29, 1.82) is 0 Å². The van der Waals surface area contributed by atoms with Gasteiger partial charge in [-0.1, -0.05) is 241 Å². The lowest BCUT2D eigenvalue weighted by molar-refractivity contribution is -0.140. The van der Waals surface area contributed by atoms with E-state index in [4.69, 9.17) is 53.1 Å². The lowest BCUT2D eigenvalue weighted by atomic mass is 10.0. The number of benzene rings is 3. The molecule has 1 aliphatic rings. The van der Waals surface area contributed by atoms with Crippen LogP contribution in [0.2, 0.25) is 0 Å². The molecule has 4 rings (SSSR count). The van der Waals surface area contributed by atoms with Crippen molar-refractivity contribution in [3.63, 3.8) is 0 Å². The average Bonchev–Trinajstić information content (AvgIpc) is 0.860. The molecule has 1 saturated heterocycles. The molecule has 0 bridgehead atoms. The van der Waals surface area contributed by atoms with Crippen molar-refractivity contribution in [2.75, 3.05) is 55.4 Å². The summed E-state index contributed by atoms with van der Waals surface area (Å²) in [4.78, 5) is 120. The fourth-order valence-corrected chi connectivity index (χ4v) is 4.65. The van der Waals surface area contributed by atoms with E-state index < -0.39 is 12.1 Å². The molecule has 27 heteroatoms. The van der Waals surface area contributed by atoms with E-state index in [9.17, 15) is 14.4 Å². The van der Waals surface area contributed by atoms with Gasteiger partial charge in [-0.15, -0.1) is 0 Å². The summed E-state index contributed by atoms with van der Waals surface area (Å²) in [5.41, 5.74) is 26.3. The van der Waals surface area contributed by atoms with E-state index in [2.05, 4.69) is 179 Å². The molecular weight excluding hydrogens is 1340 g/mol. The van der Waals surface area contributed by atoms with Crippen molar-refractivity contribution in [3.8, 4) is 0 Å². The van der Waals surface area contributed by atoms with Crippen molar-refractivity contribution in [2.24, 2.45) is 52.3 Å². The fraction of sp³-hybridized carbons (Fsp3) is 0.603. The molecule has 3 aromatic carbocycles. The Morgan fingerprint density at radius 2 is 0.581 bits per heavy atom. The van der Waals surface area contributed by atoms with Crippen LogP contribution in [-0.2, 0) is 81.6 Å². The highest BCUT2D eigenvalue weighted by Crippen LogP contribution is 2.12. The first-order valence-corrected chi connectivity index (χ1v) is 33.5. The van der Waals surface area contributed by atoms with Gasteiger partial charge in [0, 0.05) is 39.6 Å². The van der Waals surface area contributed by atoms with Gasteiger partial charge in [-0.3, -0.25) is 14.4 Å².